The van der Waals surface area contributed by atoms with Crippen molar-refractivity contribution >= 4 is 5.91 Å². The Morgan fingerprint density at radius 3 is 2.53 bits per heavy atom. The molecule has 1 saturated heterocycles. The summed E-state index contributed by atoms with van der Waals surface area (Å²) in [5.41, 5.74) is 7.16. The largest absolute Gasteiger partial charge is 0.366 e. The normalized spacial score (nSPS) is 19.3. The molecular weight excluding hydrogens is 238 g/mol. The van der Waals surface area contributed by atoms with E-state index >= 15 is 0 Å². The van der Waals surface area contributed by atoms with E-state index in [4.69, 9.17) is 5.73 Å². The molecule has 1 heterocycles. The molecule has 2 N–H and O–H groups in total. The fourth-order valence-electron chi connectivity index (χ4n) is 2.67. The van der Waals surface area contributed by atoms with Crippen LogP contribution in [0.5, 0.6) is 0 Å². The molecular formula is C15H23N3O. The van der Waals surface area contributed by atoms with E-state index in [1.54, 1.807) is 0 Å². The number of likely N-dealkylation sites (N-methyl/N-ethyl adjacent to an activating group) is 1. The Balaban J connectivity index is 2.03. The van der Waals surface area contributed by atoms with Gasteiger partial charge in [0.2, 0.25) is 5.91 Å². The Morgan fingerprint density at radius 1 is 1.26 bits per heavy atom. The van der Waals surface area contributed by atoms with Gasteiger partial charge in [0, 0.05) is 38.3 Å². The van der Waals surface area contributed by atoms with Crippen molar-refractivity contribution in [2.75, 3.05) is 39.8 Å². The van der Waals surface area contributed by atoms with Crippen LogP contribution >= 0.6 is 0 Å². The zero-order valence-electron chi connectivity index (χ0n) is 11.8. The van der Waals surface area contributed by atoms with Crippen LogP contribution in [0.1, 0.15) is 28.8 Å². The number of primary amides is 1. The lowest BCUT2D eigenvalue weighted by molar-refractivity contribution is 0.0998. The molecule has 0 spiro atoms. The average Bonchev–Trinajstić information content (AvgIpc) is 2.41. The minimum absolute atomic E-state index is 0.326. The van der Waals surface area contributed by atoms with E-state index in [0.29, 0.717) is 11.5 Å². The van der Waals surface area contributed by atoms with E-state index in [0.717, 1.165) is 38.3 Å². The number of nitrogens with zero attached hydrogens (tertiary/aromatic N) is 2. The minimum atomic E-state index is -0.333. The summed E-state index contributed by atoms with van der Waals surface area (Å²) < 4.78 is 0. The van der Waals surface area contributed by atoms with Crippen molar-refractivity contribution in [2.45, 2.75) is 12.8 Å². The van der Waals surface area contributed by atoms with Crippen LogP contribution in [0.2, 0.25) is 0 Å². The van der Waals surface area contributed by atoms with Crippen LogP contribution in [-0.2, 0) is 0 Å². The van der Waals surface area contributed by atoms with Crippen molar-refractivity contribution in [1.82, 2.24) is 9.80 Å². The Kier molecular flexibility index (Phi) is 4.56. The van der Waals surface area contributed by atoms with Crippen LogP contribution in [0.3, 0.4) is 0 Å². The second-order valence-corrected chi connectivity index (χ2v) is 5.46. The van der Waals surface area contributed by atoms with Gasteiger partial charge in [-0.1, -0.05) is 25.1 Å². The summed E-state index contributed by atoms with van der Waals surface area (Å²) in [7, 11) is 2.16. The van der Waals surface area contributed by atoms with Gasteiger partial charge >= 0.3 is 0 Å². The monoisotopic (exact) mass is 261 g/mol. The lowest BCUT2D eigenvalue weighted by Crippen LogP contribution is -2.45. The van der Waals surface area contributed by atoms with E-state index < -0.39 is 0 Å². The van der Waals surface area contributed by atoms with Crippen molar-refractivity contribution in [3.63, 3.8) is 0 Å². The van der Waals surface area contributed by atoms with E-state index in [1.807, 2.05) is 24.3 Å². The highest BCUT2D eigenvalue weighted by molar-refractivity contribution is 5.94. The van der Waals surface area contributed by atoms with E-state index in [1.165, 1.54) is 0 Å². The first-order valence-corrected chi connectivity index (χ1v) is 6.87. The Labute approximate surface area is 115 Å². The third-order valence-corrected chi connectivity index (χ3v) is 3.89. The van der Waals surface area contributed by atoms with Gasteiger partial charge in [0.25, 0.3) is 0 Å². The zero-order chi connectivity index (χ0) is 13.8. The number of carbonyl (C=O) groups excluding carboxylic acids is 1. The van der Waals surface area contributed by atoms with Gasteiger partial charge in [-0.3, -0.25) is 4.79 Å². The van der Waals surface area contributed by atoms with Gasteiger partial charge in [0.15, 0.2) is 0 Å². The SMILES string of the molecule is CC(CN1CCN(C)CC1)c1ccccc1C(N)=O. The minimum Gasteiger partial charge on any atom is -0.366 e. The molecule has 1 aliphatic heterocycles. The molecule has 1 atom stereocenters. The molecule has 104 valence electrons. The fraction of sp³-hybridized carbons (Fsp3) is 0.533. The summed E-state index contributed by atoms with van der Waals surface area (Å²) in [6.07, 6.45) is 0. The second kappa shape index (κ2) is 6.17. The molecule has 1 fully saturated rings. The van der Waals surface area contributed by atoms with E-state index in [2.05, 4.69) is 23.8 Å². The zero-order valence-corrected chi connectivity index (χ0v) is 11.8. The Hall–Kier alpha value is -1.39. The molecule has 2 rings (SSSR count). The quantitative estimate of drug-likeness (QED) is 0.884. The first-order valence-electron chi connectivity index (χ1n) is 6.87. The van der Waals surface area contributed by atoms with Gasteiger partial charge in [-0.2, -0.15) is 0 Å². The predicted molar refractivity (Wildman–Crippen MR) is 77.3 cm³/mol. The highest BCUT2D eigenvalue weighted by Gasteiger charge is 2.19. The van der Waals surface area contributed by atoms with E-state index in [9.17, 15) is 4.79 Å². The maximum absolute atomic E-state index is 11.5. The van der Waals surface area contributed by atoms with Gasteiger partial charge in [-0.15, -0.1) is 0 Å². The molecule has 19 heavy (non-hydrogen) atoms. The van der Waals surface area contributed by atoms with Gasteiger partial charge in [0.1, 0.15) is 0 Å². The van der Waals surface area contributed by atoms with Crippen LogP contribution < -0.4 is 5.73 Å². The summed E-state index contributed by atoms with van der Waals surface area (Å²) in [5, 5.41) is 0. The summed E-state index contributed by atoms with van der Waals surface area (Å²) in [6, 6.07) is 7.67. The van der Waals surface area contributed by atoms with Crippen molar-refractivity contribution in [3.8, 4) is 0 Å². The van der Waals surface area contributed by atoms with Crippen molar-refractivity contribution in [3.05, 3.63) is 35.4 Å². The molecule has 0 bridgehead atoms. The molecule has 1 amide bonds. The Morgan fingerprint density at radius 2 is 1.89 bits per heavy atom. The molecule has 4 nitrogen and oxygen atoms in total. The topological polar surface area (TPSA) is 49.6 Å². The molecule has 1 aromatic carbocycles. The summed E-state index contributed by atoms with van der Waals surface area (Å²) in [4.78, 5) is 16.3. The summed E-state index contributed by atoms with van der Waals surface area (Å²) >= 11 is 0. The lowest BCUT2D eigenvalue weighted by atomic mass is 9.94. The number of benzene rings is 1. The van der Waals surface area contributed by atoms with Crippen LogP contribution in [0.4, 0.5) is 0 Å². The lowest BCUT2D eigenvalue weighted by Gasteiger charge is -2.34. The van der Waals surface area contributed by atoms with Gasteiger partial charge in [-0.25, -0.2) is 0 Å². The highest BCUT2D eigenvalue weighted by Crippen LogP contribution is 2.21. The van der Waals surface area contributed by atoms with Crippen LogP contribution in [-0.4, -0.2) is 55.5 Å². The van der Waals surface area contributed by atoms with Gasteiger partial charge in [-0.05, 0) is 24.6 Å². The number of rotatable bonds is 4. The predicted octanol–water partition coefficient (Wildman–Crippen LogP) is 1.14. The summed E-state index contributed by atoms with van der Waals surface area (Å²) in [5.74, 6) is -0.00654. The molecule has 1 unspecified atom stereocenters. The maximum Gasteiger partial charge on any atom is 0.248 e. The highest BCUT2D eigenvalue weighted by atomic mass is 16.1. The van der Waals surface area contributed by atoms with Crippen molar-refractivity contribution in [2.24, 2.45) is 5.73 Å². The first-order chi connectivity index (χ1) is 9.08. The fourth-order valence-corrected chi connectivity index (χ4v) is 2.67. The molecule has 0 aromatic heterocycles. The molecule has 0 saturated carbocycles. The number of hydrogen-bond donors (Lipinski definition) is 1. The van der Waals surface area contributed by atoms with Crippen LogP contribution in [0, 0.1) is 0 Å². The number of amides is 1. The number of nitrogens with two attached hydrogens (primary N) is 1. The standard InChI is InChI=1S/C15H23N3O/c1-12(11-18-9-7-17(2)8-10-18)13-5-3-4-6-14(13)15(16)19/h3-6,12H,7-11H2,1-2H3,(H2,16,19). The smallest absolute Gasteiger partial charge is 0.248 e. The second-order valence-electron chi connectivity index (χ2n) is 5.46. The van der Waals surface area contributed by atoms with Gasteiger partial charge < -0.3 is 15.5 Å². The molecule has 4 heteroatoms. The molecule has 1 aromatic rings. The maximum atomic E-state index is 11.5. The molecule has 1 aliphatic rings. The van der Waals surface area contributed by atoms with Crippen LogP contribution in [0.15, 0.2) is 24.3 Å². The third kappa shape index (κ3) is 3.55. The van der Waals surface area contributed by atoms with E-state index in [-0.39, 0.29) is 5.91 Å². The van der Waals surface area contributed by atoms with Gasteiger partial charge in [0.05, 0.1) is 0 Å². The first kappa shape index (κ1) is 14.0. The van der Waals surface area contributed by atoms with Crippen LogP contribution in [0.25, 0.3) is 0 Å². The number of hydrogen-bond acceptors (Lipinski definition) is 3. The number of piperazine rings is 1. The Bertz CT molecular complexity index is 439. The average molecular weight is 261 g/mol. The summed E-state index contributed by atoms with van der Waals surface area (Å²) in [6.45, 7) is 7.58. The van der Waals surface area contributed by atoms with Crippen molar-refractivity contribution < 1.29 is 4.79 Å². The third-order valence-electron chi connectivity index (χ3n) is 3.89. The molecule has 0 aliphatic carbocycles. The molecule has 0 radical (unpaired) electrons. The van der Waals surface area contributed by atoms with Crippen molar-refractivity contribution in [1.29, 1.82) is 0 Å². The number of carbonyl (C=O) groups is 1.